The number of anilines is 2. The number of nitrogens with zero attached hydrogens (tertiary/aromatic N) is 6. The highest BCUT2D eigenvalue weighted by atomic mass is 16.6. The summed E-state index contributed by atoms with van der Waals surface area (Å²) in [6.07, 6.45) is 7.41. The van der Waals surface area contributed by atoms with Crippen molar-refractivity contribution in [2.75, 3.05) is 25.0 Å². The van der Waals surface area contributed by atoms with Gasteiger partial charge in [0.15, 0.2) is 0 Å². The first-order chi connectivity index (χ1) is 19.2. The summed E-state index contributed by atoms with van der Waals surface area (Å²) in [5.41, 5.74) is 3.09. The maximum Gasteiger partial charge on any atom is 0.410 e. The standard InChI is InChI=1S/C29H37N7O4/c1-29(2,3)40-28(38)35-14-11-23-15-30-26(33-25(23)19-35)32-24-16-31-36(18-24)17-21-9-12-34(13-10-21)27(37)39-20-22-7-5-4-6-8-22/h4-8,15-16,18,21H,9-14,17,19-20H2,1-3H3,(H,30,32,33). The number of nitrogens with one attached hydrogen (secondary N) is 1. The number of hydrogen-bond acceptors (Lipinski definition) is 8. The van der Waals surface area contributed by atoms with Crippen LogP contribution in [0.3, 0.4) is 0 Å². The molecule has 11 nitrogen and oxygen atoms in total. The molecule has 2 aromatic heterocycles. The number of ether oxygens (including phenoxy) is 2. The molecule has 2 aliphatic heterocycles. The molecular formula is C29H37N7O4. The van der Waals surface area contributed by atoms with Crippen LogP contribution in [0.4, 0.5) is 21.2 Å². The van der Waals surface area contributed by atoms with Crippen LogP contribution >= 0.6 is 0 Å². The van der Waals surface area contributed by atoms with Crippen molar-refractivity contribution in [2.24, 2.45) is 5.92 Å². The predicted octanol–water partition coefficient (Wildman–Crippen LogP) is 4.76. The summed E-state index contributed by atoms with van der Waals surface area (Å²) in [4.78, 5) is 37.5. The number of carbonyl (C=O) groups excluding carboxylic acids is 2. The third-order valence-electron chi connectivity index (χ3n) is 7.01. The highest BCUT2D eigenvalue weighted by Crippen LogP contribution is 2.23. The molecule has 5 rings (SSSR count). The third kappa shape index (κ3) is 7.28. The van der Waals surface area contributed by atoms with Gasteiger partial charge in [-0.05, 0) is 57.1 Å². The van der Waals surface area contributed by atoms with Crippen LogP contribution in [0.25, 0.3) is 0 Å². The molecule has 3 aromatic rings. The summed E-state index contributed by atoms with van der Waals surface area (Å²) in [7, 11) is 0. The average Bonchev–Trinajstić information content (AvgIpc) is 3.37. The number of amides is 2. The van der Waals surface area contributed by atoms with Gasteiger partial charge in [-0.15, -0.1) is 0 Å². The lowest BCUT2D eigenvalue weighted by Gasteiger charge is -2.31. The number of carbonyl (C=O) groups is 2. The fraction of sp³-hybridized carbons (Fsp3) is 0.483. The Morgan fingerprint density at radius 1 is 1.02 bits per heavy atom. The maximum absolute atomic E-state index is 12.5. The molecule has 2 amide bonds. The van der Waals surface area contributed by atoms with Crippen molar-refractivity contribution < 1.29 is 19.1 Å². The quantitative estimate of drug-likeness (QED) is 0.470. The smallest absolute Gasteiger partial charge is 0.410 e. The Kier molecular flexibility index (Phi) is 8.18. The van der Waals surface area contributed by atoms with Gasteiger partial charge in [-0.1, -0.05) is 30.3 Å². The van der Waals surface area contributed by atoms with E-state index in [-0.39, 0.29) is 12.2 Å². The second-order valence-corrected chi connectivity index (χ2v) is 11.4. The van der Waals surface area contributed by atoms with Crippen LogP contribution in [0, 0.1) is 5.92 Å². The van der Waals surface area contributed by atoms with Gasteiger partial charge in [0.1, 0.15) is 12.2 Å². The lowest BCUT2D eigenvalue weighted by molar-refractivity contribution is 0.0220. The molecule has 2 aliphatic rings. The Morgan fingerprint density at radius 3 is 2.55 bits per heavy atom. The molecule has 0 saturated carbocycles. The lowest BCUT2D eigenvalue weighted by atomic mass is 9.97. The van der Waals surface area contributed by atoms with E-state index < -0.39 is 5.60 Å². The fourth-order valence-corrected chi connectivity index (χ4v) is 4.88. The predicted molar refractivity (Wildman–Crippen MR) is 149 cm³/mol. The van der Waals surface area contributed by atoms with Crippen LogP contribution in [0.2, 0.25) is 0 Å². The Labute approximate surface area is 234 Å². The lowest BCUT2D eigenvalue weighted by Crippen LogP contribution is -2.40. The van der Waals surface area contributed by atoms with Gasteiger partial charge in [0.05, 0.1) is 24.1 Å². The maximum atomic E-state index is 12.5. The fourth-order valence-electron chi connectivity index (χ4n) is 4.88. The minimum Gasteiger partial charge on any atom is -0.445 e. The van der Waals surface area contributed by atoms with E-state index in [9.17, 15) is 9.59 Å². The van der Waals surface area contributed by atoms with Crippen LogP contribution < -0.4 is 5.32 Å². The van der Waals surface area contributed by atoms with Gasteiger partial charge in [-0.2, -0.15) is 5.10 Å². The van der Waals surface area contributed by atoms with Crippen LogP contribution in [0.1, 0.15) is 50.4 Å². The number of benzene rings is 1. The number of likely N-dealkylation sites (tertiary alicyclic amines) is 1. The highest BCUT2D eigenvalue weighted by Gasteiger charge is 2.27. The van der Waals surface area contributed by atoms with E-state index in [4.69, 9.17) is 9.47 Å². The van der Waals surface area contributed by atoms with Gasteiger partial charge >= 0.3 is 12.2 Å². The SMILES string of the molecule is CC(C)(C)OC(=O)N1CCc2cnc(Nc3cnn(CC4CCN(C(=O)OCc5ccccc5)CC4)c3)nc2C1. The van der Waals surface area contributed by atoms with Crippen molar-refractivity contribution >= 4 is 23.8 Å². The van der Waals surface area contributed by atoms with Gasteiger partial charge in [-0.3, -0.25) is 4.68 Å². The van der Waals surface area contributed by atoms with E-state index in [1.165, 1.54) is 0 Å². The molecule has 1 aromatic carbocycles. The van der Waals surface area contributed by atoms with Crippen molar-refractivity contribution in [3.8, 4) is 0 Å². The zero-order chi connectivity index (χ0) is 28.1. The second kappa shape index (κ2) is 11.9. The third-order valence-corrected chi connectivity index (χ3v) is 7.01. The Bertz CT molecular complexity index is 1310. The first-order valence-corrected chi connectivity index (χ1v) is 13.8. The zero-order valence-corrected chi connectivity index (χ0v) is 23.4. The molecule has 40 heavy (non-hydrogen) atoms. The Morgan fingerprint density at radius 2 is 1.80 bits per heavy atom. The number of fused-ring (bicyclic) bond motifs is 1. The number of rotatable bonds is 6. The average molecular weight is 548 g/mol. The zero-order valence-electron chi connectivity index (χ0n) is 23.4. The van der Waals surface area contributed by atoms with E-state index in [1.807, 2.05) is 68.2 Å². The molecule has 0 unspecified atom stereocenters. The van der Waals surface area contributed by atoms with Crippen molar-refractivity contribution in [2.45, 2.75) is 65.3 Å². The van der Waals surface area contributed by atoms with Crippen molar-refractivity contribution in [1.29, 1.82) is 0 Å². The number of piperidine rings is 1. The molecule has 1 saturated heterocycles. The molecular weight excluding hydrogens is 510 g/mol. The molecule has 0 spiro atoms. The Hall–Kier alpha value is -4.15. The molecule has 4 heterocycles. The summed E-state index contributed by atoms with van der Waals surface area (Å²) in [6, 6.07) is 9.71. The van der Waals surface area contributed by atoms with Gasteiger partial charge in [-0.25, -0.2) is 19.6 Å². The van der Waals surface area contributed by atoms with E-state index in [0.29, 0.717) is 51.1 Å². The summed E-state index contributed by atoms with van der Waals surface area (Å²) >= 11 is 0. The van der Waals surface area contributed by atoms with E-state index in [0.717, 1.165) is 41.9 Å². The van der Waals surface area contributed by atoms with Crippen molar-refractivity contribution in [3.05, 3.63) is 65.7 Å². The molecule has 0 radical (unpaired) electrons. The van der Waals surface area contributed by atoms with Gasteiger partial charge in [0.2, 0.25) is 5.95 Å². The highest BCUT2D eigenvalue weighted by molar-refractivity contribution is 5.68. The Balaban J connectivity index is 1.09. The molecule has 0 bridgehead atoms. The summed E-state index contributed by atoms with van der Waals surface area (Å²) in [5.74, 6) is 0.886. The van der Waals surface area contributed by atoms with Crippen LogP contribution in [0.15, 0.2) is 48.9 Å². The minimum atomic E-state index is -0.540. The minimum absolute atomic E-state index is 0.257. The van der Waals surface area contributed by atoms with Crippen LogP contribution in [-0.2, 0) is 35.6 Å². The van der Waals surface area contributed by atoms with Crippen LogP contribution in [0.5, 0.6) is 0 Å². The largest absolute Gasteiger partial charge is 0.445 e. The number of hydrogen-bond donors (Lipinski definition) is 1. The topological polar surface area (TPSA) is 115 Å². The normalized spacial score (nSPS) is 15.9. The first-order valence-electron chi connectivity index (χ1n) is 13.8. The first kappa shape index (κ1) is 27.4. The summed E-state index contributed by atoms with van der Waals surface area (Å²) in [6.45, 7) is 8.96. The molecule has 1 N–H and O–H groups in total. The van der Waals surface area contributed by atoms with Crippen LogP contribution in [-0.4, -0.2) is 67.0 Å². The molecule has 11 heteroatoms. The van der Waals surface area contributed by atoms with Gasteiger partial charge in [0, 0.05) is 38.6 Å². The van der Waals surface area contributed by atoms with E-state index >= 15 is 0 Å². The monoisotopic (exact) mass is 547 g/mol. The second-order valence-electron chi connectivity index (χ2n) is 11.4. The van der Waals surface area contributed by atoms with Gasteiger partial charge in [0.25, 0.3) is 0 Å². The van der Waals surface area contributed by atoms with Gasteiger partial charge < -0.3 is 24.6 Å². The van der Waals surface area contributed by atoms with E-state index in [2.05, 4.69) is 20.4 Å². The van der Waals surface area contributed by atoms with Crippen molar-refractivity contribution in [3.63, 3.8) is 0 Å². The molecule has 212 valence electrons. The van der Waals surface area contributed by atoms with E-state index in [1.54, 1.807) is 16.0 Å². The molecule has 0 aliphatic carbocycles. The molecule has 0 atom stereocenters. The number of aromatic nitrogens is 4. The molecule has 1 fully saturated rings. The summed E-state index contributed by atoms with van der Waals surface area (Å²) < 4.78 is 12.9. The summed E-state index contributed by atoms with van der Waals surface area (Å²) in [5, 5.41) is 7.74. The van der Waals surface area contributed by atoms with Crippen molar-refractivity contribution in [1.82, 2.24) is 29.5 Å².